The van der Waals surface area contributed by atoms with Crippen molar-refractivity contribution in [3.8, 4) is 0 Å². The van der Waals surface area contributed by atoms with Crippen molar-refractivity contribution in [3.05, 3.63) is 36.0 Å². The maximum atomic E-state index is 4.32. The molecule has 0 bridgehead atoms. The van der Waals surface area contributed by atoms with E-state index in [1.165, 1.54) is 0 Å². The Morgan fingerprint density at radius 3 is 2.75 bits per heavy atom. The van der Waals surface area contributed by atoms with Gasteiger partial charge in [-0.25, -0.2) is 4.98 Å². The van der Waals surface area contributed by atoms with Crippen molar-refractivity contribution in [1.29, 1.82) is 0 Å². The number of aryl methyl sites for hydroxylation is 1. The fourth-order valence-electron chi connectivity index (χ4n) is 1.43. The summed E-state index contributed by atoms with van der Waals surface area (Å²) in [4.78, 5) is 8.57. The number of nitrogens with zero attached hydrogens (tertiary/aromatic N) is 4. The molecule has 0 amide bonds. The van der Waals surface area contributed by atoms with Crippen molar-refractivity contribution in [1.82, 2.24) is 19.7 Å². The molecule has 5 nitrogen and oxygen atoms in total. The Morgan fingerprint density at radius 2 is 2.19 bits per heavy atom. The molecule has 0 radical (unpaired) electrons. The molecule has 5 heteroatoms. The molecule has 16 heavy (non-hydrogen) atoms. The Balaban J connectivity index is 2.05. The normalized spacial score (nSPS) is 10.4. The van der Waals surface area contributed by atoms with Gasteiger partial charge in [-0.1, -0.05) is 0 Å². The molecule has 0 unspecified atom stereocenters. The van der Waals surface area contributed by atoms with E-state index < -0.39 is 0 Å². The van der Waals surface area contributed by atoms with Crippen molar-refractivity contribution in [2.45, 2.75) is 20.4 Å². The second-order valence-electron chi connectivity index (χ2n) is 3.58. The molecule has 0 fully saturated rings. The number of anilines is 1. The van der Waals surface area contributed by atoms with Gasteiger partial charge in [0.25, 0.3) is 0 Å². The summed E-state index contributed by atoms with van der Waals surface area (Å²) in [6.45, 7) is 5.51. The molecule has 0 aliphatic rings. The lowest BCUT2D eigenvalue weighted by atomic mass is 10.4. The molecular weight excluding hydrogens is 202 g/mol. The van der Waals surface area contributed by atoms with E-state index in [-0.39, 0.29) is 0 Å². The van der Waals surface area contributed by atoms with Crippen molar-refractivity contribution in [2.24, 2.45) is 0 Å². The van der Waals surface area contributed by atoms with Gasteiger partial charge in [0.1, 0.15) is 5.82 Å². The highest BCUT2D eigenvalue weighted by Crippen LogP contribution is 2.02. The predicted molar refractivity (Wildman–Crippen MR) is 62.3 cm³/mol. The topological polar surface area (TPSA) is 55.6 Å². The number of nitrogens with one attached hydrogen (secondary N) is 1. The molecule has 0 saturated heterocycles. The zero-order chi connectivity index (χ0) is 11.4. The summed E-state index contributed by atoms with van der Waals surface area (Å²) in [7, 11) is 0. The average molecular weight is 217 g/mol. The van der Waals surface area contributed by atoms with Crippen LogP contribution in [0.5, 0.6) is 0 Å². The Hall–Kier alpha value is -1.91. The van der Waals surface area contributed by atoms with E-state index in [1.54, 1.807) is 12.4 Å². The van der Waals surface area contributed by atoms with Crippen LogP contribution < -0.4 is 5.32 Å². The van der Waals surface area contributed by atoms with Gasteiger partial charge in [0.15, 0.2) is 0 Å². The van der Waals surface area contributed by atoms with Crippen LogP contribution in [-0.4, -0.2) is 26.3 Å². The van der Waals surface area contributed by atoms with Crippen LogP contribution in [0.1, 0.15) is 18.3 Å². The molecule has 0 aromatic carbocycles. The van der Waals surface area contributed by atoms with E-state index in [9.17, 15) is 0 Å². The van der Waals surface area contributed by atoms with Gasteiger partial charge < -0.3 is 5.32 Å². The Bertz CT molecular complexity index is 446. The third-order valence-electron chi connectivity index (χ3n) is 2.16. The van der Waals surface area contributed by atoms with E-state index >= 15 is 0 Å². The molecule has 0 aliphatic heterocycles. The molecule has 2 aromatic heterocycles. The summed E-state index contributed by atoms with van der Waals surface area (Å²) in [5.74, 6) is 0.808. The first kappa shape index (κ1) is 10.6. The van der Waals surface area contributed by atoms with Crippen LogP contribution in [0.4, 0.5) is 5.82 Å². The number of rotatable bonds is 4. The van der Waals surface area contributed by atoms with Crippen LogP contribution >= 0.6 is 0 Å². The zero-order valence-corrected chi connectivity index (χ0v) is 9.51. The first-order valence-electron chi connectivity index (χ1n) is 5.33. The predicted octanol–water partition coefficient (Wildman–Crippen LogP) is 1.46. The molecule has 0 spiro atoms. The summed E-state index contributed by atoms with van der Waals surface area (Å²) in [5, 5.41) is 7.40. The maximum Gasteiger partial charge on any atom is 0.144 e. The SMILES string of the molecule is CCNc1cnc(Cn2ccc(C)n2)cn1. The van der Waals surface area contributed by atoms with Gasteiger partial charge in [-0.3, -0.25) is 9.67 Å². The Kier molecular flexibility index (Phi) is 3.14. The number of hydrogen-bond acceptors (Lipinski definition) is 4. The number of hydrogen-bond donors (Lipinski definition) is 1. The highest BCUT2D eigenvalue weighted by molar-refractivity contribution is 5.30. The Morgan fingerprint density at radius 1 is 1.31 bits per heavy atom. The minimum Gasteiger partial charge on any atom is -0.369 e. The molecule has 2 heterocycles. The van der Waals surface area contributed by atoms with Crippen LogP contribution in [0, 0.1) is 6.92 Å². The van der Waals surface area contributed by atoms with E-state index in [2.05, 4.69) is 20.4 Å². The van der Waals surface area contributed by atoms with Crippen molar-refractivity contribution in [2.75, 3.05) is 11.9 Å². The van der Waals surface area contributed by atoms with E-state index in [0.717, 1.165) is 23.8 Å². The fourth-order valence-corrected chi connectivity index (χ4v) is 1.43. The van der Waals surface area contributed by atoms with Crippen LogP contribution in [0.2, 0.25) is 0 Å². The average Bonchev–Trinajstić information content (AvgIpc) is 2.67. The van der Waals surface area contributed by atoms with Crippen molar-refractivity contribution < 1.29 is 0 Å². The maximum absolute atomic E-state index is 4.32. The molecule has 1 N–H and O–H groups in total. The standard InChI is InChI=1S/C11H15N5/c1-3-12-11-7-13-10(6-14-11)8-16-5-4-9(2)15-16/h4-7H,3,8H2,1-2H3,(H,12,14). The summed E-state index contributed by atoms with van der Waals surface area (Å²) in [6, 6.07) is 1.97. The quantitative estimate of drug-likeness (QED) is 0.842. The van der Waals surface area contributed by atoms with Crippen molar-refractivity contribution in [3.63, 3.8) is 0 Å². The van der Waals surface area contributed by atoms with Gasteiger partial charge >= 0.3 is 0 Å². The van der Waals surface area contributed by atoms with Gasteiger partial charge in [-0.2, -0.15) is 5.10 Å². The van der Waals surface area contributed by atoms with Gasteiger partial charge in [-0.05, 0) is 19.9 Å². The van der Waals surface area contributed by atoms with Crippen molar-refractivity contribution >= 4 is 5.82 Å². The van der Waals surface area contributed by atoms with Crippen LogP contribution in [-0.2, 0) is 6.54 Å². The summed E-state index contributed by atoms with van der Waals surface area (Å²) in [5.41, 5.74) is 1.92. The highest BCUT2D eigenvalue weighted by Gasteiger charge is 1.99. The third kappa shape index (κ3) is 2.56. The third-order valence-corrected chi connectivity index (χ3v) is 2.16. The lowest BCUT2D eigenvalue weighted by Gasteiger charge is -2.03. The monoisotopic (exact) mass is 217 g/mol. The minimum absolute atomic E-state index is 0.660. The van der Waals surface area contributed by atoms with Crippen LogP contribution in [0.3, 0.4) is 0 Å². The molecule has 0 saturated carbocycles. The summed E-state index contributed by atoms with van der Waals surface area (Å²) in [6.07, 6.45) is 5.46. The molecule has 0 aliphatic carbocycles. The van der Waals surface area contributed by atoms with E-state index in [4.69, 9.17) is 0 Å². The first-order chi connectivity index (χ1) is 7.78. The number of aromatic nitrogens is 4. The molecule has 84 valence electrons. The van der Waals surface area contributed by atoms with Gasteiger partial charge in [0.2, 0.25) is 0 Å². The van der Waals surface area contributed by atoms with Gasteiger partial charge in [-0.15, -0.1) is 0 Å². The Labute approximate surface area is 94.5 Å². The minimum atomic E-state index is 0.660. The summed E-state index contributed by atoms with van der Waals surface area (Å²) >= 11 is 0. The second-order valence-corrected chi connectivity index (χ2v) is 3.58. The van der Waals surface area contributed by atoms with Gasteiger partial charge in [0, 0.05) is 12.7 Å². The van der Waals surface area contributed by atoms with E-state index in [0.29, 0.717) is 6.54 Å². The second kappa shape index (κ2) is 4.74. The molecule has 2 rings (SSSR count). The lowest BCUT2D eigenvalue weighted by Crippen LogP contribution is -2.05. The zero-order valence-electron chi connectivity index (χ0n) is 9.51. The molecule has 0 atom stereocenters. The van der Waals surface area contributed by atoms with E-state index in [1.807, 2.05) is 30.8 Å². The van der Waals surface area contributed by atoms with Crippen LogP contribution in [0.25, 0.3) is 0 Å². The van der Waals surface area contributed by atoms with Gasteiger partial charge in [0.05, 0.1) is 30.3 Å². The largest absolute Gasteiger partial charge is 0.369 e. The molecular formula is C11H15N5. The lowest BCUT2D eigenvalue weighted by molar-refractivity contribution is 0.663. The highest BCUT2D eigenvalue weighted by atomic mass is 15.3. The summed E-state index contributed by atoms with van der Waals surface area (Å²) < 4.78 is 1.85. The molecule has 2 aromatic rings. The van der Waals surface area contributed by atoms with Crippen LogP contribution in [0.15, 0.2) is 24.7 Å². The smallest absolute Gasteiger partial charge is 0.144 e. The first-order valence-corrected chi connectivity index (χ1v) is 5.33. The fraction of sp³-hybridized carbons (Fsp3) is 0.364.